The summed E-state index contributed by atoms with van der Waals surface area (Å²) in [6.45, 7) is 3.32. The van der Waals surface area contributed by atoms with Gasteiger partial charge in [-0.05, 0) is 66.9 Å². The standard InChI is InChI=1S/C35H36N4O3/c1-25(34(40)37-23-30-10-8-22-38(30)2)14-19-29-24-39(32-12-6-4-9-27(32)20-21-36-29)35(41)28-17-15-26(16-18-28)31-11-5-7-13-33(31)42-3/h4-19,22,36H,20-21,23-24H2,1-3H3,(H,37,40)/b25-14+,29-19-. The van der Waals surface area contributed by atoms with Crippen molar-refractivity contribution in [3.05, 3.63) is 131 Å². The van der Waals surface area contributed by atoms with Crippen LogP contribution in [0, 0.1) is 0 Å². The lowest BCUT2D eigenvalue weighted by Gasteiger charge is -2.29. The van der Waals surface area contributed by atoms with E-state index >= 15 is 0 Å². The molecule has 7 nitrogen and oxygen atoms in total. The molecule has 2 N–H and O–H groups in total. The van der Waals surface area contributed by atoms with Crippen molar-refractivity contribution in [1.29, 1.82) is 0 Å². The number of methoxy groups -OCH3 is 1. The minimum absolute atomic E-state index is 0.0929. The van der Waals surface area contributed by atoms with Crippen molar-refractivity contribution >= 4 is 17.5 Å². The van der Waals surface area contributed by atoms with Gasteiger partial charge in [0.1, 0.15) is 5.75 Å². The van der Waals surface area contributed by atoms with Gasteiger partial charge in [0, 0.05) is 53.6 Å². The molecule has 2 heterocycles. The highest BCUT2D eigenvalue weighted by Crippen LogP contribution is 2.31. The zero-order valence-electron chi connectivity index (χ0n) is 24.3. The first-order chi connectivity index (χ1) is 20.4. The molecule has 0 saturated carbocycles. The number of fused-ring (bicyclic) bond motifs is 1. The number of nitrogens with one attached hydrogen (secondary N) is 2. The molecule has 42 heavy (non-hydrogen) atoms. The third-order valence-corrected chi connectivity index (χ3v) is 7.53. The summed E-state index contributed by atoms with van der Waals surface area (Å²) in [6.07, 6.45) is 6.43. The molecule has 214 valence electrons. The van der Waals surface area contributed by atoms with E-state index in [2.05, 4.69) is 16.7 Å². The molecule has 0 radical (unpaired) electrons. The lowest BCUT2D eigenvalue weighted by molar-refractivity contribution is -0.117. The van der Waals surface area contributed by atoms with E-state index in [-0.39, 0.29) is 11.8 Å². The van der Waals surface area contributed by atoms with Gasteiger partial charge in [0.2, 0.25) is 5.91 Å². The summed E-state index contributed by atoms with van der Waals surface area (Å²) in [5, 5.41) is 6.44. The van der Waals surface area contributed by atoms with Crippen molar-refractivity contribution < 1.29 is 14.3 Å². The summed E-state index contributed by atoms with van der Waals surface area (Å²) in [7, 11) is 3.61. The Morgan fingerprint density at radius 1 is 0.976 bits per heavy atom. The van der Waals surface area contributed by atoms with Crippen molar-refractivity contribution in [2.75, 3.05) is 25.1 Å². The average Bonchev–Trinajstić information content (AvgIpc) is 3.43. The van der Waals surface area contributed by atoms with Gasteiger partial charge in [-0.25, -0.2) is 0 Å². The van der Waals surface area contributed by atoms with E-state index < -0.39 is 0 Å². The summed E-state index contributed by atoms with van der Waals surface area (Å²) in [6, 6.07) is 27.4. The van der Waals surface area contributed by atoms with Gasteiger partial charge in [-0.2, -0.15) is 0 Å². The number of aromatic nitrogens is 1. The topological polar surface area (TPSA) is 75.6 Å². The van der Waals surface area contributed by atoms with Gasteiger partial charge in [-0.3, -0.25) is 9.59 Å². The lowest BCUT2D eigenvalue weighted by Crippen LogP contribution is -2.38. The van der Waals surface area contributed by atoms with Crippen LogP contribution in [0.15, 0.2) is 115 Å². The molecule has 0 fully saturated rings. The van der Waals surface area contributed by atoms with Crippen LogP contribution in [0.2, 0.25) is 0 Å². The maximum atomic E-state index is 14.0. The molecule has 2 amide bonds. The zero-order chi connectivity index (χ0) is 29.5. The average molecular weight is 561 g/mol. The van der Waals surface area contributed by atoms with Gasteiger partial charge >= 0.3 is 0 Å². The van der Waals surface area contributed by atoms with Gasteiger partial charge in [-0.15, -0.1) is 0 Å². The van der Waals surface area contributed by atoms with Crippen molar-refractivity contribution in [3.63, 3.8) is 0 Å². The summed E-state index contributed by atoms with van der Waals surface area (Å²) in [4.78, 5) is 28.5. The van der Waals surface area contributed by atoms with Crippen molar-refractivity contribution in [3.8, 4) is 16.9 Å². The molecule has 4 aromatic rings. The third kappa shape index (κ3) is 6.47. The monoisotopic (exact) mass is 560 g/mol. The first kappa shape index (κ1) is 28.5. The Morgan fingerprint density at radius 3 is 2.50 bits per heavy atom. The van der Waals surface area contributed by atoms with Crippen LogP contribution in [0.5, 0.6) is 5.75 Å². The summed E-state index contributed by atoms with van der Waals surface area (Å²) in [5.74, 6) is 0.559. The highest BCUT2D eigenvalue weighted by atomic mass is 16.5. The molecule has 0 atom stereocenters. The molecular weight excluding hydrogens is 524 g/mol. The minimum Gasteiger partial charge on any atom is -0.496 e. The number of benzene rings is 3. The number of anilines is 1. The van der Waals surface area contributed by atoms with Crippen LogP contribution in [0.25, 0.3) is 11.1 Å². The second kappa shape index (κ2) is 13.1. The lowest BCUT2D eigenvalue weighted by atomic mass is 10.0. The number of nitrogens with zero attached hydrogens (tertiary/aromatic N) is 2. The fourth-order valence-electron chi connectivity index (χ4n) is 5.07. The Labute approximate surface area is 247 Å². The first-order valence-corrected chi connectivity index (χ1v) is 14.1. The smallest absolute Gasteiger partial charge is 0.258 e. The second-order valence-electron chi connectivity index (χ2n) is 10.3. The SMILES string of the molecule is COc1ccccc1-c1ccc(C(=O)N2C/C(=C/C=C(\C)C(=O)NCc3cccn3C)NCCc3ccccc32)cc1. The van der Waals surface area contributed by atoms with Gasteiger partial charge < -0.3 is 24.8 Å². The number of hydrogen-bond acceptors (Lipinski definition) is 4. The molecular formula is C35H36N4O3. The molecule has 1 aromatic heterocycles. The Kier molecular flexibility index (Phi) is 8.87. The fraction of sp³-hybridized carbons (Fsp3) is 0.200. The highest BCUT2D eigenvalue weighted by molar-refractivity contribution is 6.07. The summed E-state index contributed by atoms with van der Waals surface area (Å²) < 4.78 is 7.50. The molecule has 0 saturated heterocycles. The molecule has 0 spiro atoms. The normalized spacial score (nSPS) is 14.4. The summed E-state index contributed by atoms with van der Waals surface area (Å²) >= 11 is 0. The maximum absolute atomic E-state index is 14.0. The maximum Gasteiger partial charge on any atom is 0.258 e. The molecule has 0 bridgehead atoms. The Balaban J connectivity index is 1.37. The number of allylic oxidation sites excluding steroid dienone is 2. The quantitative estimate of drug-likeness (QED) is 0.287. The third-order valence-electron chi connectivity index (χ3n) is 7.53. The van der Waals surface area contributed by atoms with E-state index in [9.17, 15) is 9.59 Å². The van der Waals surface area contributed by atoms with E-state index in [0.29, 0.717) is 24.2 Å². The molecule has 5 rings (SSSR count). The van der Waals surface area contributed by atoms with Crippen LogP contribution in [0.3, 0.4) is 0 Å². The van der Waals surface area contributed by atoms with Crippen LogP contribution in [-0.2, 0) is 24.8 Å². The second-order valence-corrected chi connectivity index (χ2v) is 10.3. The van der Waals surface area contributed by atoms with Crippen LogP contribution >= 0.6 is 0 Å². The highest BCUT2D eigenvalue weighted by Gasteiger charge is 2.23. The van der Waals surface area contributed by atoms with Crippen molar-refractivity contribution in [1.82, 2.24) is 15.2 Å². The number of carbonyl (C=O) groups excluding carboxylic acids is 2. The summed E-state index contributed by atoms with van der Waals surface area (Å²) in [5.41, 5.74) is 7.02. The number of aryl methyl sites for hydroxylation is 1. The van der Waals surface area contributed by atoms with Gasteiger partial charge in [0.05, 0.1) is 20.2 Å². The van der Waals surface area contributed by atoms with Crippen LogP contribution in [0.4, 0.5) is 5.69 Å². The molecule has 7 heteroatoms. The van der Waals surface area contributed by atoms with Crippen molar-refractivity contribution in [2.45, 2.75) is 19.9 Å². The van der Waals surface area contributed by atoms with E-state index in [1.54, 1.807) is 20.1 Å². The minimum atomic E-state index is -0.132. The molecule has 0 unspecified atom stereocenters. The van der Waals surface area contributed by atoms with E-state index in [1.165, 1.54) is 0 Å². The van der Waals surface area contributed by atoms with Crippen LogP contribution in [-0.4, -0.2) is 36.6 Å². The molecule has 1 aliphatic rings. The zero-order valence-corrected chi connectivity index (χ0v) is 24.3. The van der Waals surface area contributed by atoms with Crippen molar-refractivity contribution in [2.24, 2.45) is 7.05 Å². The van der Waals surface area contributed by atoms with E-state index in [1.807, 2.05) is 108 Å². The largest absolute Gasteiger partial charge is 0.496 e. The number of amides is 2. The number of rotatable bonds is 7. The number of hydrogen-bond donors (Lipinski definition) is 2. The van der Waals surface area contributed by atoms with Crippen LogP contribution in [0.1, 0.15) is 28.5 Å². The van der Waals surface area contributed by atoms with Crippen LogP contribution < -0.4 is 20.3 Å². The predicted octanol–water partition coefficient (Wildman–Crippen LogP) is 5.64. The Hall–Kier alpha value is -5.04. The van der Waals surface area contributed by atoms with E-state index in [4.69, 9.17) is 4.74 Å². The molecule has 0 aliphatic carbocycles. The van der Waals surface area contributed by atoms with Gasteiger partial charge in [0.25, 0.3) is 5.91 Å². The van der Waals surface area contributed by atoms with Gasteiger partial charge in [-0.1, -0.05) is 54.6 Å². The fourth-order valence-corrected chi connectivity index (χ4v) is 5.07. The van der Waals surface area contributed by atoms with E-state index in [0.717, 1.165) is 52.5 Å². The Bertz CT molecular complexity index is 1630. The molecule has 1 aliphatic heterocycles. The number of ether oxygens (including phenoxy) is 1. The molecule has 3 aromatic carbocycles. The Morgan fingerprint density at radius 2 is 1.74 bits per heavy atom. The number of para-hydroxylation sites is 2. The predicted molar refractivity (Wildman–Crippen MR) is 167 cm³/mol. The van der Waals surface area contributed by atoms with Gasteiger partial charge in [0.15, 0.2) is 0 Å². The number of carbonyl (C=O) groups is 2. The first-order valence-electron chi connectivity index (χ1n) is 14.1.